The molecular weight excluding hydrogens is 326 g/mol. The summed E-state index contributed by atoms with van der Waals surface area (Å²) >= 11 is 0. The van der Waals surface area contributed by atoms with Gasteiger partial charge in [-0.15, -0.1) is 0 Å². The summed E-state index contributed by atoms with van der Waals surface area (Å²) in [4.78, 5) is 4.33. The molecule has 1 N–H and O–H groups in total. The fourth-order valence-electron chi connectivity index (χ4n) is 3.52. The Hall–Kier alpha value is -1.02. The van der Waals surface area contributed by atoms with Crippen molar-refractivity contribution < 1.29 is 13.5 Å². The predicted octanol–water partition coefficient (Wildman–Crippen LogP) is 1.79. The molecular formula is C17H27N3O3S. The number of pyridine rings is 1. The van der Waals surface area contributed by atoms with E-state index in [-0.39, 0.29) is 0 Å². The third-order valence-corrected chi connectivity index (χ3v) is 7.19. The summed E-state index contributed by atoms with van der Waals surface area (Å²) in [5.74, 6) is 0. The second kappa shape index (κ2) is 7.07. The van der Waals surface area contributed by atoms with E-state index in [0.29, 0.717) is 44.7 Å². The summed E-state index contributed by atoms with van der Waals surface area (Å²) in [6.07, 6.45) is 6.59. The number of hydrogen-bond donors (Lipinski definition) is 1. The Morgan fingerprint density at radius 1 is 1.00 bits per heavy atom. The van der Waals surface area contributed by atoms with Gasteiger partial charge in [0.05, 0.1) is 5.69 Å². The van der Waals surface area contributed by atoms with Crippen molar-refractivity contribution in [1.29, 1.82) is 0 Å². The lowest BCUT2D eigenvalue weighted by Crippen LogP contribution is -2.50. The Morgan fingerprint density at radius 2 is 1.58 bits per heavy atom. The molecule has 0 aliphatic carbocycles. The second-order valence-electron chi connectivity index (χ2n) is 6.97. The molecule has 0 spiro atoms. The van der Waals surface area contributed by atoms with Gasteiger partial charge < -0.3 is 5.11 Å². The highest BCUT2D eigenvalue weighted by Crippen LogP contribution is 2.33. The van der Waals surface area contributed by atoms with Crippen LogP contribution in [0.4, 0.5) is 0 Å². The maximum Gasteiger partial charge on any atom is 0.281 e. The number of aryl methyl sites for hydroxylation is 1. The molecule has 24 heavy (non-hydrogen) atoms. The van der Waals surface area contributed by atoms with Crippen molar-refractivity contribution in [2.24, 2.45) is 0 Å². The van der Waals surface area contributed by atoms with Gasteiger partial charge in [0.2, 0.25) is 0 Å². The van der Waals surface area contributed by atoms with Crippen LogP contribution in [0.2, 0.25) is 0 Å². The average Bonchev–Trinajstić information content (AvgIpc) is 2.85. The Kier molecular flexibility index (Phi) is 5.24. The summed E-state index contributed by atoms with van der Waals surface area (Å²) in [5.41, 5.74) is 0.654. The second-order valence-corrected chi connectivity index (χ2v) is 8.90. The Morgan fingerprint density at radius 3 is 2.12 bits per heavy atom. The van der Waals surface area contributed by atoms with Crippen molar-refractivity contribution in [3.05, 3.63) is 29.6 Å². The molecule has 134 valence electrons. The van der Waals surface area contributed by atoms with Gasteiger partial charge in [0.15, 0.2) is 0 Å². The highest BCUT2D eigenvalue weighted by atomic mass is 32.2. The van der Waals surface area contributed by atoms with Gasteiger partial charge in [-0.3, -0.25) is 4.98 Å². The normalized spacial score (nSPS) is 23.8. The number of nitrogens with zero attached hydrogens (tertiary/aromatic N) is 3. The zero-order chi connectivity index (χ0) is 17.2. The van der Waals surface area contributed by atoms with Gasteiger partial charge in [0, 0.05) is 32.4 Å². The van der Waals surface area contributed by atoms with Crippen LogP contribution in [0.3, 0.4) is 0 Å². The lowest BCUT2D eigenvalue weighted by molar-refractivity contribution is -0.0143. The minimum absolute atomic E-state index is 0.338. The van der Waals surface area contributed by atoms with Gasteiger partial charge >= 0.3 is 0 Å². The van der Waals surface area contributed by atoms with E-state index in [2.05, 4.69) is 4.98 Å². The summed E-state index contributed by atoms with van der Waals surface area (Å²) in [6, 6.07) is 3.77. The highest BCUT2D eigenvalue weighted by molar-refractivity contribution is 7.86. The van der Waals surface area contributed by atoms with Crippen molar-refractivity contribution >= 4 is 10.2 Å². The molecule has 3 rings (SSSR count). The number of rotatable bonds is 3. The number of aromatic nitrogens is 1. The van der Waals surface area contributed by atoms with Gasteiger partial charge in [-0.25, -0.2) is 0 Å². The highest BCUT2D eigenvalue weighted by Gasteiger charge is 2.40. The zero-order valence-electron chi connectivity index (χ0n) is 14.3. The maximum atomic E-state index is 12.8. The van der Waals surface area contributed by atoms with E-state index >= 15 is 0 Å². The molecule has 0 aromatic carbocycles. The standard InChI is InChI=1S/C17H27N3O3S/c1-15-6-7-16(18-14-15)17(21)8-12-20(13-9-17)24(22,23)19-10-4-2-3-5-11-19/h6-7,14,21H,2-5,8-13H2,1H3. The third-order valence-electron chi connectivity index (χ3n) is 5.16. The first-order chi connectivity index (χ1) is 11.4. The molecule has 0 saturated carbocycles. The first-order valence-electron chi connectivity index (χ1n) is 8.83. The number of piperidine rings is 1. The molecule has 0 radical (unpaired) electrons. The minimum Gasteiger partial charge on any atom is -0.383 e. The van der Waals surface area contributed by atoms with Crippen LogP contribution in [0.1, 0.15) is 49.8 Å². The van der Waals surface area contributed by atoms with Crippen molar-refractivity contribution in [3.63, 3.8) is 0 Å². The number of aliphatic hydroxyl groups is 1. The van der Waals surface area contributed by atoms with Gasteiger partial charge in [0.25, 0.3) is 10.2 Å². The number of hydrogen-bond acceptors (Lipinski definition) is 4. The first-order valence-corrected chi connectivity index (χ1v) is 10.2. The fourth-order valence-corrected chi connectivity index (χ4v) is 5.21. The smallest absolute Gasteiger partial charge is 0.281 e. The van der Waals surface area contributed by atoms with Crippen molar-refractivity contribution in [2.75, 3.05) is 26.2 Å². The van der Waals surface area contributed by atoms with E-state index < -0.39 is 15.8 Å². The quantitative estimate of drug-likeness (QED) is 0.899. The third kappa shape index (κ3) is 3.64. The lowest BCUT2D eigenvalue weighted by atomic mass is 9.88. The molecule has 0 unspecified atom stereocenters. The Bertz CT molecular complexity index is 644. The van der Waals surface area contributed by atoms with Crippen LogP contribution in [-0.2, 0) is 15.8 Å². The molecule has 2 aliphatic rings. The largest absolute Gasteiger partial charge is 0.383 e. The molecule has 2 fully saturated rings. The van der Waals surface area contributed by atoms with Crippen molar-refractivity contribution in [1.82, 2.24) is 13.6 Å². The summed E-state index contributed by atoms with van der Waals surface area (Å²) in [7, 11) is -3.41. The first kappa shape index (κ1) is 17.8. The van der Waals surface area contributed by atoms with E-state index in [1.165, 1.54) is 4.31 Å². The van der Waals surface area contributed by atoms with Gasteiger partial charge in [-0.05, 0) is 44.2 Å². The fraction of sp³-hybridized carbons (Fsp3) is 0.706. The van der Waals surface area contributed by atoms with Gasteiger partial charge in [0.1, 0.15) is 5.60 Å². The summed E-state index contributed by atoms with van der Waals surface area (Å²) < 4.78 is 28.8. The predicted molar refractivity (Wildman–Crippen MR) is 92.6 cm³/mol. The topological polar surface area (TPSA) is 73.7 Å². The van der Waals surface area contributed by atoms with Gasteiger partial charge in [-0.1, -0.05) is 18.9 Å². The van der Waals surface area contributed by atoms with Gasteiger partial charge in [-0.2, -0.15) is 17.0 Å². The Balaban J connectivity index is 1.68. The average molecular weight is 353 g/mol. The molecule has 2 aliphatic heterocycles. The monoisotopic (exact) mass is 353 g/mol. The molecule has 1 aromatic heterocycles. The minimum atomic E-state index is -3.41. The van der Waals surface area contributed by atoms with E-state index in [1.54, 1.807) is 10.5 Å². The van der Waals surface area contributed by atoms with Crippen LogP contribution >= 0.6 is 0 Å². The molecule has 0 amide bonds. The summed E-state index contributed by atoms with van der Waals surface area (Å²) in [5, 5.41) is 10.9. The van der Waals surface area contributed by atoms with Crippen LogP contribution in [0, 0.1) is 6.92 Å². The zero-order valence-corrected chi connectivity index (χ0v) is 15.1. The molecule has 6 nitrogen and oxygen atoms in total. The Labute approximate surface area is 144 Å². The van der Waals surface area contributed by atoms with Crippen LogP contribution in [0.15, 0.2) is 18.3 Å². The van der Waals surface area contributed by atoms with Crippen LogP contribution < -0.4 is 0 Å². The van der Waals surface area contributed by atoms with Crippen molar-refractivity contribution in [3.8, 4) is 0 Å². The van der Waals surface area contributed by atoms with E-state index in [9.17, 15) is 13.5 Å². The SMILES string of the molecule is Cc1ccc(C2(O)CCN(S(=O)(=O)N3CCCCCC3)CC2)nc1. The summed E-state index contributed by atoms with van der Waals surface area (Å²) in [6.45, 7) is 3.86. The maximum absolute atomic E-state index is 12.8. The molecule has 3 heterocycles. The molecule has 0 bridgehead atoms. The van der Waals surface area contributed by atoms with E-state index in [1.807, 2.05) is 19.1 Å². The van der Waals surface area contributed by atoms with Crippen LogP contribution in [0.5, 0.6) is 0 Å². The van der Waals surface area contributed by atoms with E-state index in [0.717, 1.165) is 31.2 Å². The van der Waals surface area contributed by atoms with E-state index in [4.69, 9.17) is 0 Å². The van der Waals surface area contributed by atoms with Crippen LogP contribution in [0.25, 0.3) is 0 Å². The molecule has 7 heteroatoms. The lowest BCUT2D eigenvalue weighted by Gasteiger charge is -2.38. The molecule has 2 saturated heterocycles. The molecule has 1 aromatic rings. The van der Waals surface area contributed by atoms with Crippen molar-refractivity contribution in [2.45, 2.75) is 51.0 Å². The molecule has 0 atom stereocenters. The van der Waals surface area contributed by atoms with Crippen LogP contribution in [-0.4, -0.2) is 53.3 Å².